The van der Waals surface area contributed by atoms with Gasteiger partial charge >= 0.3 is 0 Å². The van der Waals surface area contributed by atoms with Gasteiger partial charge in [0.2, 0.25) is 5.91 Å². The molecule has 1 unspecified atom stereocenters. The molecule has 0 aliphatic rings. The van der Waals surface area contributed by atoms with Gasteiger partial charge in [0.15, 0.2) is 0 Å². The number of aromatic nitrogens is 2. The molecule has 1 heterocycles. The second kappa shape index (κ2) is 15.4. The summed E-state index contributed by atoms with van der Waals surface area (Å²) in [5.74, 6) is 0.593. The number of imidazole rings is 1. The molecule has 0 saturated heterocycles. The maximum absolute atomic E-state index is 12.6. The third-order valence-electron chi connectivity index (χ3n) is 5.74. The van der Waals surface area contributed by atoms with Crippen molar-refractivity contribution in [3.63, 3.8) is 0 Å². The molecule has 0 radical (unpaired) electrons. The largest absolute Gasteiger partial charge is 0.387 e. The molecule has 9 heteroatoms. The van der Waals surface area contributed by atoms with E-state index in [2.05, 4.69) is 15.6 Å². The average Bonchev–Trinajstić information content (AvgIpc) is 3.30. The van der Waals surface area contributed by atoms with Gasteiger partial charge in [0.05, 0.1) is 12.5 Å². The summed E-state index contributed by atoms with van der Waals surface area (Å²) < 4.78 is 1.97. The highest BCUT2D eigenvalue weighted by Crippen LogP contribution is 2.14. The van der Waals surface area contributed by atoms with Gasteiger partial charge in [0.25, 0.3) is 0 Å². The number of carbonyl (C=O) groups is 1. The zero-order chi connectivity index (χ0) is 24.5. The van der Waals surface area contributed by atoms with Crippen LogP contribution in [0.5, 0.6) is 0 Å². The van der Waals surface area contributed by atoms with E-state index in [1.165, 1.54) is 0 Å². The van der Waals surface area contributed by atoms with Gasteiger partial charge in [-0.1, -0.05) is 66.2 Å². The molecule has 0 spiro atoms. The number of nitrogens with one attached hydrogen (secondary N) is 2. The van der Waals surface area contributed by atoms with Crippen LogP contribution in [-0.4, -0.2) is 33.7 Å². The van der Waals surface area contributed by atoms with E-state index in [-0.39, 0.29) is 37.1 Å². The van der Waals surface area contributed by atoms with Crippen LogP contribution in [0.2, 0.25) is 5.02 Å². The fourth-order valence-corrected chi connectivity index (χ4v) is 3.93. The Kier molecular flexibility index (Phi) is 12.6. The monoisotopic (exact) mass is 560 g/mol. The van der Waals surface area contributed by atoms with E-state index in [0.29, 0.717) is 23.9 Å². The van der Waals surface area contributed by atoms with Crippen molar-refractivity contribution in [3.05, 3.63) is 119 Å². The van der Waals surface area contributed by atoms with Crippen LogP contribution in [0.25, 0.3) is 0 Å². The second-order valence-electron chi connectivity index (χ2n) is 8.40. The molecule has 0 saturated carbocycles. The highest BCUT2D eigenvalue weighted by atomic mass is 35.5. The number of benzene rings is 3. The molecule has 3 aromatic carbocycles. The summed E-state index contributed by atoms with van der Waals surface area (Å²) in [5, 5.41) is 17.2. The van der Waals surface area contributed by atoms with Crippen LogP contribution >= 0.6 is 36.4 Å². The molecule has 37 heavy (non-hydrogen) atoms. The van der Waals surface area contributed by atoms with E-state index in [9.17, 15) is 9.90 Å². The summed E-state index contributed by atoms with van der Waals surface area (Å²) in [6.45, 7) is 1.89. The van der Waals surface area contributed by atoms with E-state index < -0.39 is 6.10 Å². The number of rotatable bonds is 11. The first-order chi connectivity index (χ1) is 17.1. The lowest BCUT2D eigenvalue weighted by atomic mass is 10.1. The minimum absolute atomic E-state index is 0. The number of nitrogens with zero attached hydrogens (tertiary/aromatic N) is 2. The fraction of sp³-hybridized carbons (Fsp3) is 0.214. The quantitative estimate of drug-likeness (QED) is 0.212. The van der Waals surface area contributed by atoms with Crippen molar-refractivity contribution in [2.24, 2.45) is 0 Å². The maximum atomic E-state index is 12.6. The number of hydrogen-bond donors (Lipinski definition) is 3. The van der Waals surface area contributed by atoms with Crippen molar-refractivity contribution in [2.45, 2.75) is 25.5 Å². The number of carbonyl (C=O) groups excluding carboxylic acids is 1. The maximum Gasteiger partial charge on any atom is 0.231 e. The summed E-state index contributed by atoms with van der Waals surface area (Å²) in [4.78, 5) is 16.9. The predicted octanol–water partition coefficient (Wildman–Crippen LogP) is 5.48. The average molecular weight is 562 g/mol. The van der Waals surface area contributed by atoms with Crippen molar-refractivity contribution >= 4 is 48.0 Å². The zero-order valence-electron chi connectivity index (χ0n) is 20.2. The van der Waals surface area contributed by atoms with Crippen molar-refractivity contribution in [2.75, 3.05) is 18.4 Å². The molecule has 1 aromatic heterocycles. The molecule has 0 aliphatic heterocycles. The Balaban J connectivity index is 0.00000241. The zero-order valence-corrected chi connectivity index (χ0v) is 22.6. The lowest BCUT2D eigenvalue weighted by molar-refractivity contribution is -0.115. The van der Waals surface area contributed by atoms with Crippen LogP contribution in [0.15, 0.2) is 91.3 Å². The SMILES string of the molecule is Cl.Cl.O=C(Cc1nccn1Cc1ccc(Cl)cc1)Nc1ccc(CCNCC(O)c2ccccc2)cc1. The first kappa shape index (κ1) is 30.4. The number of anilines is 1. The predicted molar refractivity (Wildman–Crippen MR) is 154 cm³/mol. The summed E-state index contributed by atoms with van der Waals surface area (Å²) in [7, 11) is 0. The molecule has 0 bridgehead atoms. The summed E-state index contributed by atoms with van der Waals surface area (Å²) >= 11 is 5.96. The molecule has 1 atom stereocenters. The van der Waals surface area contributed by atoms with Crippen molar-refractivity contribution in [1.29, 1.82) is 0 Å². The van der Waals surface area contributed by atoms with Crippen LogP contribution in [0.4, 0.5) is 5.69 Å². The smallest absolute Gasteiger partial charge is 0.231 e. The van der Waals surface area contributed by atoms with Crippen LogP contribution in [0.1, 0.15) is 28.6 Å². The summed E-state index contributed by atoms with van der Waals surface area (Å²) in [6.07, 6.45) is 4.09. The van der Waals surface area contributed by atoms with Gasteiger partial charge in [-0.15, -0.1) is 24.8 Å². The topological polar surface area (TPSA) is 79.2 Å². The minimum Gasteiger partial charge on any atom is -0.387 e. The molecule has 1 amide bonds. The Morgan fingerprint density at radius 2 is 1.62 bits per heavy atom. The first-order valence-electron chi connectivity index (χ1n) is 11.6. The Hall–Kier alpha value is -2.87. The summed E-state index contributed by atoms with van der Waals surface area (Å²) in [6, 6.07) is 25.1. The van der Waals surface area contributed by atoms with Gasteiger partial charge in [-0.2, -0.15) is 0 Å². The molecular weight excluding hydrogens is 531 g/mol. The molecule has 196 valence electrons. The van der Waals surface area contributed by atoms with E-state index in [1.807, 2.05) is 89.6 Å². The highest BCUT2D eigenvalue weighted by Gasteiger charge is 2.10. The van der Waals surface area contributed by atoms with Crippen molar-refractivity contribution in [3.8, 4) is 0 Å². The summed E-state index contributed by atoms with van der Waals surface area (Å²) in [5.41, 5.74) is 3.91. The Morgan fingerprint density at radius 1 is 0.946 bits per heavy atom. The standard InChI is InChI=1S/C28H29ClN4O2.2ClH/c29-24-10-6-22(7-11-24)20-33-17-16-31-27(33)18-28(35)32-25-12-8-21(9-13-25)14-15-30-19-26(34)23-4-2-1-3-5-23;;/h1-13,16-17,26,30,34H,14-15,18-20H2,(H,32,35);2*1H. The highest BCUT2D eigenvalue weighted by molar-refractivity contribution is 6.30. The molecular formula is C28H31Cl3N4O2. The molecule has 0 aliphatic carbocycles. The van der Waals surface area contributed by atoms with Gasteiger partial charge in [0.1, 0.15) is 5.82 Å². The molecule has 0 fully saturated rings. The van der Waals surface area contributed by atoms with Crippen LogP contribution < -0.4 is 10.6 Å². The normalized spacial score (nSPS) is 11.2. The molecule has 4 aromatic rings. The molecule has 3 N–H and O–H groups in total. The minimum atomic E-state index is -0.518. The van der Waals surface area contributed by atoms with Gasteiger partial charge in [-0.3, -0.25) is 4.79 Å². The fourth-order valence-electron chi connectivity index (χ4n) is 3.81. The second-order valence-corrected chi connectivity index (χ2v) is 8.84. The van der Waals surface area contributed by atoms with Crippen molar-refractivity contribution in [1.82, 2.24) is 14.9 Å². The Labute approximate surface area is 234 Å². The number of hydrogen-bond acceptors (Lipinski definition) is 4. The van der Waals surface area contributed by atoms with Gasteiger partial charge in [-0.05, 0) is 53.9 Å². The third kappa shape index (κ3) is 9.50. The lowest BCUT2D eigenvalue weighted by Crippen LogP contribution is -2.23. The van der Waals surface area contributed by atoms with Gasteiger partial charge < -0.3 is 20.3 Å². The Bertz CT molecular complexity index is 1220. The number of aliphatic hydroxyl groups excluding tert-OH is 1. The number of aliphatic hydroxyl groups is 1. The third-order valence-corrected chi connectivity index (χ3v) is 5.99. The lowest BCUT2D eigenvalue weighted by Gasteiger charge is -2.12. The Morgan fingerprint density at radius 3 is 2.32 bits per heavy atom. The molecule has 4 rings (SSSR count). The van der Waals surface area contributed by atoms with Gasteiger partial charge in [0, 0.05) is 36.2 Å². The van der Waals surface area contributed by atoms with E-state index >= 15 is 0 Å². The van der Waals surface area contributed by atoms with Crippen LogP contribution in [-0.2, 0) is 24.2 Å². The van der Waals surface area contributed by atoms with Crippen molar-refractivity contribution < 1.29 is 9.90 Å². The molecule has 6 nitrogen and oxygen atoms in total. The van der Waals surface area contributed by atoms with E-state index in [4.69, 9.17) is 11.6 Å². The van der Waals surface area contributed by atoms with Gasteiger partial charge in [-0.25, -0.2) is 4.98 Å². The van der Waals surface area contributed by atoms with Crippen LogP contribution in [0, 0.1) is 0 Å². The number of halogens is 3. The van der Waals surface area contributed by atoms with E-state index in [1.54, 1.807) is 6.20 Å². The number of amides is 1. The first-order valence-corrected chi connectivity index (χ1v) is 12.0. The van der Waals surface area contributed by atoms with E-state index in [0.717, 1.165) is 35.3 Å². The van der Waals surface area contributed by atoms with Crippen LogP contribution in [0.3, 0.4) is 0 Å².